The van der Waals surface area contributed by atoms with E-state index in [0.717, 1.165) is 16.9 Å². The highest BCUT2D eigenvalue weighted by Crippen LogP contribution is 2.18. The highest BCUT2D eigenvalue weighted by molar-refractivity contribution is 7.89. The zero-order valence-corrected chi connectivity index (χ0v) is 18.3. The molecule has 1 aromatic heterocycles. The van der Waals surface area contributed by atoms with Crippen LogP contribution in [0.3, 0.4) is 0 Å². The third-order valence-electron chi connectivity index (χ3n) is 4.14. The Morgan fingerprint density at radius 1 is 1.14 bits per heavy atom. The molecule has 0 saturated carbocycles. The summed E-state index contributed by atoms with van der Waals surface area (Å²) in [5.74, 6) is -0.765. The van der Waals surface area contributed by atoms with Crippen LogP contribution >= 0.6 is 11.3 Å². The molecule has 0 aliphatic carbocycles. The predicted molar refractivity (Wildman–Crippen MR) is 112 cm³/mol. The number of esters is 1. The molecule has 0 bridgehead atoms. The second-order valence-corrected chi connectivity index (χ2v) is 8.84. The average molecular weight is 440 g/mol. The summed E-state index contributed by atoms with van der Waals surface area (Å²) in [7, 11) is -3.49. The van der Waals surface area contributed by atoms with E-state index in [1.165, 1.54) is 9.69 Å². The van der Waals surface area contributed by atoms with Gasteiger partial charge in [-0.3, -0.25) is 4.79 Å². The molecule has 1 N–H and O–H groups in total. The molecule has 0 radical (unpaired) electrons. The number of hydrogen-bond donors (Lipinski definition) is 1. The number of aryl methyl sites for hydroxylation is 1. The number of nitrogens with one attached hydrogen (secondary N) is 1. The van der Waals surface area contributed by atoms with Gasteiger partial charge in [-0.1, -0.05) is 26.0 Å². The minimum Gasteiger partial charge on any atom is -0.461 e. The van der Waals surface area contributed by atoms with Crippen LogP contribution in [0.15, 0.2) is 34.5 Å². The normalized spacial score (nSPS) is 11.4. The molecule has 2 rings (SSSR count). The van der Waals surface area contributed by atoms with E-state index in [9.17, 15) is 18.0 Å². The number of sulfonamides is 1. The maximum Gasteiger partial charge on any atom is 0.357 e. The van der Waals surface area contributed by atoms with Crippen molar-refractivity contribution in [2.75, 3.05) is 25.0 Å². The Balaban J connectivity index is 1.91. The number of carbonyl (C=O) groups excluding carboxylic acids is 2. The number of rotatable bonds is 10. The zero-order valence-electron chi connectivity index (χ0n) is 16.7. The van der Waals surface area contributed by atoms with Crippen LogP contribution in [-0.4, -0.2) is 49.3 Å². The van der Waals surface area contributed by atoms with E-state index in [-0.39, 0.29) is 29.5 Å². The van der Waals surface area contributed by atoms with Crippen molar-refractivity contribution in [2.24, 2.45) is 0 Å². The Bertz CT molecular complexity index is 935. The highest BCUT2D eigenvalue weighted by Gasteiger charge is 2.21. The Hall–Kier alpha value is -2.30. The van der Waals surface area contributed by atoms with E-state index < -0.39 is 16.0 Å². The van der Waals surface area contributed by atoms with Crippen LogP contribution in [0.2, 0.25) is 0 Å². The zero-order chi connectivity index (χ0) is 21.4. The molecule has 0 aliphatic heterocycles. The maximum atomic E-state index is 12.5. The van der Waals surface area contributed by atoms with Crippen LogP contribution in [0.1, 0.15) is 43.2 Å². The number of ether oxygens (including phenoxy) is 1. The number of benzene rings is 1. The number of carbonyl (C=O) groups is 2. The van der Waals surface area contributed by atoms with Gasteiger partial charge in [-0.15, -0.1) is 11.3 Å². The molecule has 0 fully saturated rings. The van der Waals surface area contributed by atoms with Gasteiger partial charge in [-0.05, 0) is 31.0 Å². The first-order valence-corrected chi connectivity index (χ1v) is 11.6. The van der Waals surface area contributed by atoms with Gasteiger partial charge in [0.1, 0.15) is 0 Å². The van der Waals surface area contributed by atoms with Crippen molar-refractivity contribution in [3.8, 4) is 0 Å². The molecular formula is C19H25N3O5S2. The SMILES string of the molecule is CCOC(=O)c1csc(NC(=O)CCc2ccc(S(=O)(=O)N(CC)CC)cc2)n1. The standard InChI is InChI=1S/C19H25N3O5S2/c1-4-22(5-2)29(25,26)15-10-7-14(8-11-15)9-12-17(23)21-19-20-16(13-28-19)18(24)27-6-3/h7-8,10-11,13H,4-6,9,12H2,1-3H3,(H,20,21,23). The smallest absolute Gasteiger partial charge is 0.357 e. The van der Waals surface area contributed by atoms with Crippen LogP contribution in [0, 0.1) is 0 Å². The third kappa shape index (κ3) is 6.09. The molecule has 0 unspecified atom stereocenters. The summed E-state index contributed by atoms with van der Waals surface area (Å²) in [6.45, 7) is 6.38. The topological polar surface area (TPSA) is 106 Å². The Morgan fingerprint density at radius 2 is 1.79 bits per heavy atom. The maximum absolute atomic E-state index is 12.5. The van der Waals surface area contributed by atoms with Gasteiger partial charge in [0.2, 0.25) is 15.9 Å². The molecule has 0 aliphatic rings. The number of thiazole rings is 1. The molecule has 1 heterocycles. The first-order chi connectivity index (χ1) is 13.8. The monoisotopic (exact) mass is 439 g/mol. The molecule has 158 valence electrons. The van der Waals surface area contributed by atoms with E-state index in [2.05, 4.69) is 10.3 Å². The van der Waals surface area contributed by atoms with Crippen molar-refractivity contribution in [1.82, 2.24) is 9.29 Å². The Kier molecular flexibility index (Phi) is 8.30. The molecule has 1 amide bonds. The van der Waals surface area contributed by atoms with Gasteiger partial charge in [-0.25, -0.2) is 18.2 Å². The van der Waals surface area contributed by atoms with Gasteiger partial charge in [0.15, 0.2) is 10.8 Å². The summed E-state index contributed by atoms with van der Waals surface area (Å²) < 4.78 is 31.2. The van der Waals surface area contributed by atoms with E-state index in [1.807, 2.05) is 0 Å². The van der Waals surface area contributed by atoms with Crippen molar-refractivity contribution >= 4 is 38.4 Å². The van der Waals surface area contributed by atoms with Crippen molar-refractivity contribution in [3.63, 3.8) is 0 Å². The third-order valence-corrected chi connectivity index (χ3v) is 6.96. The van der Waals surface area contributed by atoms with Crippen molar-refractivity contribution < 1.29 is 22.7 Å². The fraction of sp³-hybridized carbons (Fsp3) is 0.421. The van der Waals surface area contributed by atoms with Gasteiger partial charge in [0.25, 0.3) is 0 Å². The summed E-state index contributed by atoms with van der Waals surface area (Å²) in [6, 6.07) is 6.55. The summed E-state index contributed by atoms with van der Waals surface area (Å²) in [6.07, 6.45) is 0.657. The Morgan fingerprint density at radius 3 is 2.38 bits per heavy atom. The largest absolute Gasteiger partial charge is 0.461 e. The number of nitrogens with zero attached hydrogens (tertiary/aromatic N) is 2. The summed E-state index contributed by atoms with van der Waals surface area (Å²) in [4.78, 5) is 28.0. The minimum absolute atomic E-state index is 0.164. The lowest BCUT2D eigenvalue weighted by Crippen LogP contribution is -2.30. The van der Waals surface area contributed by atoms with Gasteiger partial charge in [0, 0.05) is 24.9 Å². The highest BCUT2D eigenvalue weighted by atomic mass is 32.2. The van der Waals surface area contributed by atoms with Gasteiger partial charge in [-0.2, -0.15) is 4.31 Å². The molecule has 0 atom stereocenters. The second-order valence-electron chi connectivity index (χ2n) is 6.04. The van der Waals surface area contributed by atoms with Crippen LogP contribution in [0.4, 0.5) is 5.13 Å². The van der Waals surface area contributed by atoms with E-state index in [1.54, 1.807) is 45.0 Å². The number of anilines is 1. The first-order valence-electron chi connectivity index (χ1n) is 9.33. The van der Waals surface area contributed by atoms with Crippen molar-refractivity contribution in [1.29, 1.82) is 0 Å². The minimum atomic E-state index is -3.49. The summed E-state index contributed by atoms with van der Waals surface area (Å²) in [5.41, 5.74) is 1.02. The summed E-state index contributed by atoms with van der Waals surface area (Å²) >= 11 is 1.15. The van der Waals surface area contributed by atoms with Gasteiger partial charge < -0.3 is 10.1 Å². The lowest BCUT2D eigenvalue weighted by Gasteiger charge is -2.18. The molecule has 10 heteroatoms. The van der Waals surface area contributed by atoms with Crippen molar-refractivity contribution in [3.05, 3.63) is 40.9 Å². The molecule has 8 nitrogen and oxygen atoms in total. The summed E-state index contributed by atoms with van der Waals surface area (Å²) in [5, 5.41) is 4.52. The van der Waals surface area contributed by atoms with Crippen LogP contribution in [-0.2, 0) is 26.0 Å². The lowest BCUT2D eigenvalue weighted by atomic mass is 10.1. The van der Waals surface area contributed by atoms with Crippen LogP contribution in [0.5, 0.6) is 0 Å². The fourth-order valence-electron chi connectivity index (χ4n) is 2.61. The fourth-order valence-corrected chi connectivity index (χ4v) is 4.76. The van der Waals surface area contributed by atoms with Gasteiger partial charge in [0.05, 0.1) is 11.5 Å². The van der Waals surface area contributed by atoms with E-state index in [4.69, 9.17) is 4.74 Å². The number of hydrogen-bond acceptors (Lipinski definition) is 7. The second kappa shape index (κ2) is 10.5. The quantitative estimate of drug-likeness (QED) is 0.571. The van der Waals surface area contributed by atoms with Crippen molar-refractivity contribution in [2.45, 2.75) is 38.5 Å². The molecule has 0 spiro atoms. The molecular weight excluding hydrogens is 414 g/mol. The predicted octanol–water partition coefficient (Wildman–Crippen LogP) is 2.92. The lowest BCUT2D eigenvalue weighted by molar-refractivity contribution is -0.116. The average Bonchev–Trinajstić information content (AvgIpc) is 3.16. The number of aromatic nitrogens is 1. The molecule has 29 heavy (non-hydrogen) atoms. The molecule has 0 saturated heterocycles. The molecule has 2 aromatic rings. The first kappa shape index (κ1) is 23.0. The molecule has 1 aromatic carbocycles. The van der Waals surface area contributed by atoms with Crippen LogP contribution < -0.4 is 5.32 Å². The van der Waals surface area contributed by atoms with Gasteiger partial charge >= 0.3 is 5.97 Å². The van der Waals surface area contributed by atoms with E-state index in [0.29, 0.717) is 24.6 Å². The Labute approximate surface area is 175 Å². The number of amides is 1. The van der Waals surface area contributed by atoms with E-state index >= 15 is 0 Å². The van der Waals surface area contributed by atoms with Crippen LogP contribution in [0.25, 0.3) is 0 Å².